The molecule has 0 N–H and O–H groups in total. The zero-order valence-corrected chi connectivity index (χ0v) is 18.0. The summed E-state index contributed by atoms with van der Waals surface area (Å²) in [6, 6.07) is 16.9. The molecule has 6 nitrogen and oxygen atoms in total. The molecule has 1 fully saturated rings. The first-order valence-corrected chi connectivity index (χ1v) is 10.5. The Hall–Kier alpha value is -2.83. The summed E-state index contributed by atoms with van der Waals surface area (Å²) in [6.07, 6.45) is 0. The first-order valence-electron chi connectivity index (χ1n) is 10.1. The Morgan fingerprint density at radius 1 is 1.07 bits per heavy atom. The lowest BCUT2D eigenvalue weighted by molar-refractivity contribution is 0.0634. The molecule has 2 heterocycles. The second kappa shape index (κ2) is 8.90. The molecular weight excluding hydrogens is 400 g/mol. The lowest BCUT2D eigenvalue weighted by atomic mass is 10.1. The maximum absolute atomic E-state index is 13.4. The zero-order valence-electron chi connectivity index (χ0n) is 17.2. The topological polar surface area (TPSA) is 50.6 Å². The number of halogens is 1. The van der Waals surface area contributed by atoms with E-state index in [0.29, 0.717) is 29.5 Å². The highest BCUT2D eigenvalue weighted by atomic mass is 35.5. The number of piperazine rings is 1. The van der Waals surface area contributed by atoms with Gasteiger partial charge >= 0.3 is 0 Å². The van der Waals surface area contributed by atoms with Gasteiger partial charge in [0.15, 0.2) is 0 Å². The lowest BCUT2D eigenvalue weighted by Crippen LogP contribution is -2.48. The van der Waals surface area contributed by atoms with Crippen molar-refractivity contribution in [2.45, 2.75) is 6.92 Å². The number of nitrogens with zero attached hydrogens (tertiary/aromatic N) is 4. The number of benzene rings is 2. The molecule has 2 aromatic carbocycles. The fraction of sp³-hybridized carbons (Fsp3) is 0.304. The summed E-state index contributed by atoms with van der Waals surface area (Å²) in [5.41, 5.74) is 2.80. The number of likely N-dealkylation sites (N-methyl/N-ethyl adjacent to an activating group) is 1. The molecule has 4 rings (SSSR count). The minimum absolute atomic E-state index is 0.0209. The van der Waals surface area contributed by atoms with Gasteiger partial charge < -0.3 is 14.5 Å². The van der Waals surface area contributed by atoms with Crippen LogP contribution in [0.2, 0.25) is 5.02 Å². The van der Waals surface area contributed by atoms with Crippen LogP contribution in [0.15, 0.2) is 54.6 Å². The van der Waals surface area contributed by atoms with Crippen LogP contribution in [0.25, 0.3) is 16.9 Å². The molecule has 1 amide bonds. The molecular formula is C23H25ClN4O2. The van der Waals surface area contributed by atoms with Gasteiger partial charge in [0, 0.05) is 31.7 Å². The molecule has 0 aliphatic carbocycles. The number of amides is 1. The summed E-state index contributed by atoms with van der Waals surface area (Å²) in [5, 5.41) is 5.35. The van der Waals surface area contributed by atoms with Gasteiger partial charge in [0.05, 0.1) is 23.5 Å². The molecule has 156 valence electrons. The highest BCUT2D eigenvalue weighted by Gasteiger charge is 2.26. The summed E-state index contributed by atoms with van der Waals surface area (Å²) in [6.45, 7) is 6.34. The van der Waals surface area contributed by atoms with E-state index in [1.54, 1.807) is 11.8 Å². The van der Waals surface area contributed by atoms with Gasteiger partial charge in [-0.2, -0.15) is 5.10 Å². The van der Waals surface area contributed by atoms with Crippen molar-refractivity contribution in [3.63, 3.8) is 0 Å². The Morgan fingerprint density at radius 2 is 1.77 bits per heavy atom. The minimum Gasteiger partial charge on any atom is -0.497 e. The van der Waals surface area contributed by atoms with Crippen molar-refractivity contribution >= 4 is 17.5 Å². The fourth-order valence-electron chi connectivity index (χ4n) is 3.68. The molecule has 3 aromatic rings. The van der Waals surface area contributed by atoms with E-state index in [-0.39, 0.29) is 5.91 Å². The van der Waals surface area contributed by atoms with Crippen LogP contribution in [0.5, 0.6) is 5.75 Å². The number of carbonyl (C=O) groups is 1. The summed E-state index contributed by atoms with van der Waals surface area (Å²) < 4.78 is 6.96. The largest absolute Gasteiger partial charge is 0.497 e. The van der Waals surface area contributed by atoms with Crippen LogP contribution in [0.4, 0.5) is 0 Å². The SMILES string of the molecule is CCN1CCN(C(=O)c2cc(-c3ccccc3Cl)nn2-c2ccc(OC)cc2)CC1. The third-order valence-electron chi connectivity index (χ3n) is 5.50. The fourth-order valence-corrected chi connectivity index (χ4v) is 3.92. The van der Waals surface area contributed by atoms with Crippen LogP contribution in [-0.2, 0) is 0 Å². The summed E-state index contributed by atoms with van der Waals surface area (Å²) in [7, 11) is 1.63. The number of hydrogen-bond donors (Lipinski definition) is 0. The number of hydrogen-bond acceptors (Lipinski definition) is 4. The Kier molecular flexibility index (Phi) is 6.06. The Morgan fingerprint density at radius 3 is 2.40 bits per heavy atom. The second-order valence-electron chi connectivity index (χ2n) is 7.23. The van der Waals surface area contributed by atoms with Gasteiger partial charge in [-0.15, -0.1) is 0 Å². The first kappa shape index (κ1) is 20.4. The smallest absolute Gasteiger partial charge is 0.272 e. The van der Waals surface area contributed by atoms with Crippen molar-refractivity contribution < 1.29 is 9.53 Å². The second-order valence-corrected chi connectivity index (χ2v) is 7.64. The summed E-state index contributed by atoms with van der Waals surface area (Å²) >= 11 is 6.40. The standard InChI is InChI=1S/C23H25ClN4O2/c1-3-26-12-14-27(15-13-26)23(29)22-16-21(19-6-4-5-7-20(19)24)25-28(22)17-8-10-18(30-2)11-9-17/h4-11,16H,3,12-15H2,1-2H3. The molecule has 1 aliphatic rings. The third kappa shape index (κ3) is 4.06. The molecule has 0 bridgehead atoms. The van der Waals surface area contributed by atoms with Crippen molar-refractivity contribution in [1.29, 1.82) is 0 Å². The highest BCUT2D eigenvalue weighted by Crippen LogP contribution is 2.29. The first-order chi connectivity index (χ1) is 14.6. The van der Waals surface area contributed by atoms with Gasteiger partial charge in [-0.1, -0.05) is 36.7 Å². The molecule has 30 heavy (non-hydrogen) atoms. The van der Waals surface area contributed by atoms with Crippen molar-refractivity contribution in [3.05, 3.63) is 65.3 Å². The van der Waals surface area contributed by atoms with E-state index < -0.39 is 0 Å². The molecule has 0 radical (unpaired) electrons. The van der Waals surface area contributed by atoms with Gasteiger partial charge in [-0.3, -0.25) is 4.79 Å². The highest BCUT2D eigenvalue weighted by molar-refractivity contribution is 6.33. The Balaban J connectivity index is 1.73. The van der Waals surface area contributed by atoms with E-state index in [1.165, 1.54) is 0 Å². The Bertz CT molecular complexity index is 1020. The number of methoxy groups -OCH3 is 1. The summed E-state index contributed by atoms with van der Waals surface area (Å²) in [4.78, 5) is 17.7. The lowest BCUT2D eigenvalue weighted by Gasteiger charge is -2.34. The van der Waals surface area contributed by atoms with Crippen LogP contribution in [0, 0.1) is 0 Å². The average molecular weight is 425 g/mol. The van der Waals surface area contributed by atoms with E-state index in [9.17, 15) is 4.79 Å². The van der Waals surface area contributed by atoms with Crippen molar-refractivity contribution in [2.24, 2.45) is 0 Å². The monoisotopic (exact) mass is 424 g/mol. The van der Waals surface area contributed by atoms with Crippen molar-refractivity contribution in [2.75, 3.05) is 39.8 Å². The normalized spacial score (nSPS) is 14.7. The van der Waals surface area contributed by atoms with Crippen LogP contribution in [0.1, 0.15) is 17.4 Å². The molecule has 0 saturated carbocycles. The van der Waals surface area contributed by atoms with Crippen LogP contribution < -0.4 is 4.74 Å². The van der Waals surface area contributed by atoms with Gasteiger partial charge in [0.2, 0.25) is 0 Å². The van der Waals surface area contributed by atoms with E-state index in [2.05, 4.69) is 11.8 Å². The predicted octanol–water partition coefficient (Wildman–Crippen LogP) is 3.98. The maximum atomic E-state index is 13.4. The minimum atomic E-state index is -0.0209. The van der Waals surface area contributed by atoms with Crippen molar-refractivity contribution in [1.82, 2.24) is 19.6 Å². The van der Waals surface area contributed by atoms with Gasteiger partial charge in [-0.05, 0) is 42.9 Å². The number of aromatic nitrogens is 2. The average Bonchev–Trinajstić information content (AvgIpc) is 3.24. The van der Waals surface area contributed by atoms with Crippen LogP contribution in [0.3, 0.4) is 0 Å². The molecule has 1 saturated heterocycles. The third-order valence-corrected chi connectivity index (χ3v) is 5.83. The number of carbonyl (C=O) groups excluding carboxylic acids is 1. The molecule has 7 heteroatoms. The van der Waals surface area contributed by atoms with Gasteiger partial charge in [0.25, 0.3) is 5.91 Å². The van der Waals surface area contributed by atoms with E-state index in [0.717, 1.165) is 36.6 Å². The van der Waals surface area contributed by atoms with E-state index in [4.69, 9.17) is 21.4 Å². The Labute approximate surface area is 181 Å². The molecule has 1 aliphatic heterocycles. The number of rotatable bonds is 5. The van der Waals surface area contributed by atoms with Gasteiger partial charge in [-0.25, -0.2) is 4.68 Å². The molecule has 0 unspecified atom stereocenters. The maximum Gasteiger partial charge on any atom is 0.272 e. The molecule has 0 spiro atoms. The van der Waals surface area contributed by atoms with Crippen LogP contribution >= 0.6 is 11.6 Å². The quantitative estimate of drug-likeness (QED) is 0.621. The summed E-state index contributed by atoms with van der Waals surface area (Å²) in [5.74, 6) is 0.730. The van der Waals surface area contributed by atoms with E-state index >= 15 is 0 Å². The predicted molar refractivity (Wildman–Crippen MR) is 119 cm³/mol. The van der Waals surface area contributed by atoms with E-state index in [1.807, 2.05) is 59.5 Å². The zero-order chi connectivity index (χ0) is 21.1. The van der Waals surface area contributed by atoms with Gasteiger partial charge in [0.1, 0.15) is 11.4 Å². The molecule has 0 atom stereocenters. The number of ether oxygens (including phenoxy) is 1. The van der Waals surface area contributed by atoms with Crippen molar-refractivity contribution in [3.8, 4) is 22.7 Å². The van der Waals surface area contributed by atoms with Crippen LogP contribution in [-0.4, -0.2) is 65.3 Å². The molecule has 1 aromatic heterocycles.